The molecule has 0 aliphatic carbocycles. The molecule has 0 heterocycles. The first-order valence-corrected chi connectivity index (χ1v) is 8.82. The molecule has 0 spiro atoms. The van der Waals surface area contributed by atoms with E-state index >= 15 is 0 Å². The molecule has 0 aromatic heterocycles. The number of rotatable bonds is 6. The topological polar surface area (TPSA) is 75.7 Å². The Balaban J connectivity index is 2.11. The van der Waals surface area contributed by atoms with Gasteiger partial charge in [-0.15, -0.1) is 0 Å². The van der Waals surface area contributed by atoms with Crippen LogP contribution in [-0.4, -0.2) is 32.7 Å². The molecule has 0 saturated heterocycles. The number of hydroxylamine groups is 1. The number of nitrogens with zero attached hydrogens (tertiary/aromatic N) is 1. The van der Waals surface area contributed by atoms with Crippen molar-refractivity contribution in [3.63, 3.8) is 0 Å². The maximum absolute atomic E-state index is 12.2. The Kier molecular flexibility index (Phi) is 5.95. The highest BCUT2D eigenvalue weighted by Crippen LogP contribution is 2.22. The highest BCUT2D eigenvalue weighted by molar-refractivity contribution is 7.89. The molecule has 1 amide bonds. The van der Waals surface area contributed by atoms with E-state index in [4.69, 9.17) is 16.4 Å². The molecule has 0 unspecified atom stereocenters. The van der Waals surface area contributed by atoms with Crippen molar-refractivity contribution < 1.29 is 18.0 Å². The van der Waals surface area contributed by atoms with Gasteiger partial charge < -0.3 is 0 Å². The highest BCUT2D eigenvalue weighted by atomic mass is 35.5. The number of benzene rings is 2. The number of sulfonamides is 1. The van der Waals surface area contributed by atoms with Gasteiger partial charge in [0.1, 0.15) is 0 Å². The van der Waals surface area contributed by atoms with E-state index in [0.29, 0.717) is 0 Å². The fourth-order valence-electron chi connectivity index (χ4n) is 1.86. The first-order valence-electron chi connectivity index (χ1n) is 7.00. The van der Waals surface area contributed by atoms with Gasteiger partial charge in [0.15, 0.2) is 0 Å². The van der Waals surface area contributed by atoms with Crippen molar-refractivity contribution in [1.29, 1.82) is 0 Å². The largest absolute Gasteiger partial charge is 0.276 e. The van der Waals surface area contributed by atoms with Crippen molar-refractivity contribution in [2.24, 2.45) is 0 Å². The molecule has 0 aliphatic rings. The van der Waals surface area contributed by atoms with Crippen LogP contribution in [-0.2, 0) is 21.5 Å². The number of hydrogen-bond donors (Lipinski definition) is 1. The monoisotopic (exact) mass is 368 g/mol. The minimum absolute atomic E-state index is 0.0210. The molecule has 8 heteroatoms. The third-order valence-electron chi connectivity index (χ3n) is 3.21. The van der Waals surface area contributed by atoms with Crippen molar-refractivity contribution in [3.05, 3.63) is 64.7 Å². The molecule has 24 heavy (non-hydrogen) atoms. The van der Waals surface area contributed by atoms with Crippen LogP contribution in [0.5, 0.6) is 0 Å². The minimum Gasteiger partial charge on any atom is -0.269 e. The van der Waals surface area contributed by atoms with Crippen LogP contribution in [0.15, 0.2) is 53.4 Å². The summed E-state index contributed by atoms with van der Waals surface area (Å²) in [5.41, 5.74) is 3.17. The SMILES string of the molecule is CN(C)S(=O)(=O)c1ccc(Cl)c(C(=O)NOCc2ccccc2)c1. The van der Waals surface area contributed by atoms with Crippen molar-refractivity contribution in [1.82, 2.24) is 9.79 Å². The Labute approximate surface area is 146 Å². The quantitative estimate of drug-likeness (QED) is 0.795. The second-order valence-electron chi connectivity index (χ2n) is 5.13. The van der Waals surface area contributed by atoms with E-state index in [-0.39, 0.29) is 22.1 Å². The van der Waals surface area contributed by atoms with Crippen LogP contribution in [0.4, 0.5) is 0 Å². The van der Waals surface area contributed by atoms with Gasteiger partial charge >= 0.3 is 0 Å². The first-order chi connectivity index (χ1) is 11.3. The smallest absolute Gasteiger partial charge is 0.269 e. The summed E-state index contributed by atoms with van der Waals surface area (Å²) in [6.07, 6.45) is 0. The average molecular weight is 369 g/mol. The number of halogens is 1. The third-order valence-corrected chi connectivity index (χ3v) is 5.35. The molecule has 0 radical (unpaired) electrons. The maximum Gasteiger partial charge on any atom is 0.276 e. The number of nitrogens with one attached hydrogen (secondary N) is 1. The number of amides is 1. The fraction of sp³-hybridized carbons (Fsp3) is 0.188. The van der Waals surface area contributed by atoms with Gasteiger partial charge in [-0.1, -0.05) is 41.9 Å². The summed E-state index contributed by atoms with van der Waals surface area (Å²) in [7, 11) is -0.841. The molecule has 2 aromatic carbocycles. The van der Waals surface area contributed by atoms with Crippen molar-refractivity contribution in [2.75, 3.05) is 14.1 Å². The van der Waals surface area contributed by atoms with E-state index in [1.165, 1.54) is 32.3 Å². The lowest BCUT2D eigenvalue weighted by Gasteiger charge is -2.13. The molecule has 0 aliphatic heterocycles. The Hall–Kier alpha value is -1.93. The molecule has 0 atom stereocenters. The Morgan fingerprint density at radius 1 is 1.17 bits per heavy atom. The molecule has 1 N–H and O–H groups in total. The van der Waals surface area contributed by atoms with Crippen LogP contribution in [0.1, 0.15) is 15.9 Å². The molecule has 128 valence electrons. The van der Waals surface area contributed by atoms with Gasteiger partial charge in [-0.05, 0) is 23.8 Å². The van der Waals surface area contributed by atoms with E-state index in [1.54, 1.807) is 0 Å². The summed E-state index contributed by atoms with van der Waals surface area (Å²) in [5.74, 6) is -0.619. The summed E-state index contributed by atoms with van der Waals surface area (Å²) in [6.45, 7) is 0.180. The molecule has 2 rings (SSSR count). The van der Waals surface area contributed by atoms with Crippen LogP contribution in [0.25, 0.3) is 0 Å². The van der Waals surface area contributed by atoms with E-state index in [2.05, 4.69) is 5.48 Å². The van der Waals surface area contributed by atoms with Gasteiger partial charge in [0.25, 0.3) is 5.91 Å². The molecular formula is C16H17ClN2O4S. The molecule has 0 fully saturated rings. The van der Waals surface area contributed by atoms with Gasteiger partial charge in [-0.2, -0.15) is 0 Å². The van der Waals surface area contributed by atoms with Crippen LogP contribution in [0, 0.1) is 0 Å². The second kappa shape index (κ2) is 7.76. The third kappa shape index (κ3) is 4.33. The van der Waals surface area contributed by atoms with Crippen LogP contribution in [0.3, 0.4) is 0 Å². The van der Waals surface area contributed by atoms with Crippen molar-refractivity contribution in [2.45, 2.75) is 11.5 Å². The Morgan fingerprint density at radius 3 is 2.46 bits per heavy atom. The summed E-state index contributed by atoms with van der Waals surface area (Å²) in [6, 6.07) is 13.2. The van der Waals surface area contributed by atoms with E-state index < -0.39 is 15.9 Å². The lowest BCUT2D eigenvalue weighted by atomic mass is 10.2. The summed E-state index contributed by atoms with van der Waals surface area (Å²) in [4.78, 5) is 17.3. The van der Waals surface area contributed by atoms with Crippen LogP contribution in [0.2, 0.25) is 5.02 Å². The normalized spacial score (nSPS) is 11.5. The first kappa shape index (κ1) is 18.4. The number of hydrogen-bond acceptors (Lipinski definition) is 4. The summed E-state index contributed by atoms with van der Waals surface area (Å²) in [5, 5.41) is 0.133. The lowest BCUT2D eigenvalue weighted by molar-refractivity contribution is 0.0233. The molecule has 2 aromatic rings. The van der Waals surface area contributed by atoms with Crippen molar-refractivity contribution in [3.8, 4) is 0 Å². The standard InChI is InChI=1S/C16H17ClN2O4S/c1-19(2)24(21,22)13-8-9-15(17)14(10-13)16(20)18-23-11-12-6-4-3-5-7-12/h3-10H,11H2,1-2H3,(H,18,20). The molecular weight excluding hydrogens is 352 g/mol. The Morgan fingerprint density at radius 2 is 1.83 bits per heavy atom. The minimum atomic E-state index is -3.66. The average Bonchev–Trinajstić information content (AvgIpc) is 2.55. The number of carbonyl (C=O) groups is 1. The molecule has 0 bridgehead atoms. The number of carbonyl (C=O) groups excluding carboxylic acids is 1. The molecule has 0 saturated carbocycles. The predicted molar refractivity (Wildman–Crippen MR) is 91.0 cm³/mol. The fourth-order valence-corrected chi connectivity index (χ4v) is 3.00. The second-order valence-corrected chi connectivity index (χ2v) is 7.69. The van der Waals surface area contributed by atoms with Gasteiger partial charge in [0.2, 0.25) is 10.0 Å². The van der Waals surface area contributed by atoms with E-state index in [9.17, 15) is 13.2 Å². The lowest BCUT2D eigenvalue weighted by Crippen LogP contribution is -2.25. The summed E-state index contributed by atoms with van der Waals surface area (Å²) >= 11 is 5.99. The molecule has 6 nitrogen and oxygen atoms in total. The zero-order valence-corrected chi connectivity index (χ0v) is 14.8. The highest BCUT2D eigenvalue weighted by Gasteiger charge is 2.20. The summed E-state index contributed by atoms with van der Waals surface area (Å²) < 4.78 is 25.3. The van der Waals surface area contributed by atoms with Gasteiger partial charge in [-0.3, -0.25) is 9.63 Å². The predicted octanol–water partition coefficient (Wildman–Crippen LogP) is 2.45. The van der Waals surface area contributed by atoms with Crippen LogP contribution < -0.4 is 5.48 Å². The maximum atomic E-state index is 12.2. The van der Waals surface area contributed by atoms with Gasteiger partial charge in [-0.25, -0.2) is 18.2 Å². The zero-order valence-electron chi connectivity index (χ0n) is 13.2. The van der Waals surface area contributed by atoms with Crippen molar-refractivity contribution >= 4 is 27.5 Å². The Bertz CT molecular complexity index is 823. The van der Waals surface area contributed by atoms with Gasteiger partial charge in [0.05, 0.1) is 22.1 Å². The van der Waals surface area contributed by atoms with Gasteiger partial charge in [0, 0.05) is 14.1 Å². The van der Waals surface area contributed by atoms with E-state index in [1.807, 2.05) is 30.3 Å². The van der Waals surface area contributed by atoms with E-state index in [0.717, 1.165) is 9.87 Å². The van der Waals surface area contributed by atoms with Crippen LogP contribution >= 0.6 is 11.6 Å². The zero-order chi connectivity index (χ0) is 17.7.